The van der Waals surface area contributed by atoms with Crippen LogP contribution in [0, 0.1) is 0 Å². The number of rotatable bonds is 6. The third-order valence-electron chi connectivity index (χ3n) is 4.94. The molecule has 0 aliphatic rings. The Morgan fingerprint density at radius 1 is 0.629 bits per heavy atom. The lowest BCUT2D eigenvalue weighted by Crippen LogP contribution is -2.01. The highest BCUT2D eigenvalue weighted by atomic mass is 79.9. The molecule has 0 saturated heterocycles. The van der Waals surface area contributed by atoms with Crippen LogP contribution in [-0.4, -0.2) is 31.1 Å². The number of benzene rings is 4. The lowest BCUT2D eigenvalue weighted by atomic mass is 10.2. The molecule has 4 aromatic rings. The maximum absolute atomic E-state index is 13.3. The van der Waals surface area contributed by atoms with Crippen molar-refractivity contribution in [2.45, 2.75) is 9.79 Å². The Labute approximate surface area is 219 Å². The van der Waals surface area contributed by atoms with Gasteiger partial charge < -0.3 is 10.2 Å². The average molecular weight is 614 g/mol. The summed E-state index contributed by atoms with van der Waals surface area (Å²) in [5, 5.41) is 20.0. The quantitative estimate of drug-likeness (QED) is 0.230. The normalized spacial score (nSPS) is 11.9. The number of nitrogens with zero attached hydrogens (tertiary/aromatic N) is 2. The Kier molecular flexibility index (Phi) is 7.49. The van der Waals surface area contributed by atoms with Crippen molar-refractivity contribution < 1.29 is 18.6 Å². The van der Waals surface area contributed by atoms with Gasteiger partial charge in [0, 0.05) is 32.5 Å². The fraction of sp³-hybridized carbons (Fsp3) is 0. The maximum atomic E-state index is 13.3. The monoisotopic (exact) mass is 612 g/mol. The van der Waals surface area contributed by atoms with E-state index in [4.69, 9.17) is 0 Å². The zero-order chi connectivity index (χ0) is 25.0. The van der Waals surface area contributed by atoms with Gasteiger partial charge in [0.05, 0.1) is 21.2 Å². The van der Waals surface area contributed by atoms with Crippen molar-refractivity contribution in [2.24, 2.45) is 9.98 Å². The summed E-state index contributed by atoms with van der Waals surface area (Å²) in [6.45, 7) is 0. The van der Waals surface area contributed by atoms with Crippen LogP contribution in [-0.2, 0) is 9.84 Å². The van der Waals surface area contributed by atoms with Gasteiger partial charge in [0.2, 0.25) is 9.84 Å². The van der Waals surface area contributed by atoms with E-state index >= 15 is 0 Å². The molecule has 35 heavy (non-hydrogen) atoms. The zero-order valence-corrected chi connectivity index (χ0v) is 22.0. The molecule has 0 unspecified atom stereocenters. The van der Waals surface area contributed by atoms with Crippen molar-refractivity contribution in [2.75, 3.05) is 0 Å². The third-order valence-corrected chi connectivity index (χ3v) is 7.68. The van der Waals surface area contributed by atoms with Crippen LogP contribution in [0.3, 0.4) is 0 Å². The Balaban J connectivity index is 1.61. The molecule has 0 heterocycles. The highest BCUT2D eigenvalue weighted by Gasteiger charge is 2.18. The molecule has 2 N–H and O–H groups in total. The minimum absolute atomic E-state index is 0.0641. The zero-order valence-electron chi connectivity index (χ0n) is 18.0. The Morgan fingerprint density at radius 3 is 1.49 bits per heavy atom. The van der Waals surface area contributed by atoms with Crippen molar-refractivity contribution in [3.63, 3.8) is 0 Å². The van der Waals surface area contributed by atoms with Crippen LogP contribution in [0.4, 0.5) is 11.4 Å². The van der Waals surface area contributed by atoms with E-state index in [1.54, 1.807) is 60.7 Å². The lowest BCUT2D eigenvalue weighted by molar-refractivity contribution is 0.474. The van der Waals surface area contributed by atoms with Gasteiger partial charge in [-0.1, -0.05) is 44.0 Å². The molecule has 0 fully saturated rings. The third kappa shape index (κ3) is 6.05. The van der Waals surface area contributed by atoms with E-state index < -0.39 is 9.84 Å². The minimum Gasteiger partial charge on any atom is -0.507 e. The number of aromatic hydroxyl groups is 2. The van der Waals surface area contributed by atoms with E-state index in [0.717, 1.165) is 8.95 Å². The van der Waals surface area contributed by atoms with Crippen LogP contribution in [0.25, 0.3) is 0 Å². The molecule has 6 nitrogen and oxygen atoms in total. The van der Waals surface area contributed by atoms with Gasteiger partial charge >= 0.3 is 0 Å². The number of aliphatic imine (C=N–C) groups is 2. The summed E-state index contributed by atoms with van der Waals surface area (Å²) < 4.78 is 28.1. The van der Waals surface area contributed by atoms with E-state index in [-0.39, 0.29) is 21.3 Å². The fourth-order valence-corrected chi connectivity index (χ4v) is 5.24. The van der Waals surface area contributed by atoms with Crippen molar-refractivity contribution in [1.82, 2.24) is 0 Å². The largest absolute Gasteiger partial charge is 0.507 e. The molecule has 0 amide bonds. The number of phenols is 2. The highest BCUT2D eigenvalue weighted by molar-refractivity contribution is 9.10. The molecule has 4 aromatic carbocycles. The molecular weight excluding hydrogens is 596 g/mol. The predicted octanol–water partition coefficient (Wildman–Crippen LogP) is 6.96. The van der Waals surface area contributed by atoms with E-state index in [1.807, 2.05) is 0 Å². The molecule has 0 aliphatic carbocycles. The van der Waals surface area contributed by atoms with Crippen LogP contribution in [0.1, 0.15) is 11.1 Å². The second-order valence-corrected chi connectivity index (χ2v) is 11.2. The molecule has 0 saturated carbocycles. The summed E-state index contributed by atoms with van der Waals surface area (Å²) in [5.74, 6) is 0.128. The molecule has 176 valence electrons. The van der Waals surface area contributed by atoms with Crippen molar-refractivity contribution in [3.8, 4) is 11.5 Å². The highest BCUT2D eigenvalue weighted by Crippen LogP contribution is 2.28. The van der Waals surface area contributed by atoms with E-state index in [9.17, 15) is 18.6 Å². The molecule has 4 rings (SSSR count). The summed E-state index contributed by atoms with van der Waals surface area (Å²) >= 11 is 6.69. The first kappa shape index (κ1) is 24.8. The minimum atomic E-state index is -3.84. The van der Waals surface area contributed by atoms with Gasteiger partial charge in [-0.2, -0.15) is 0 Å². The van der Waals surface area contributed by atoms with Crippen LogP contribution in [0.15, 0.2) is 114 Å². The molecule has 0 spiro atoms. The van der Waals surface area contributed by atoms with Crippen LogP contribution < -0.4 is 0 Å². The van der Waals surface area contributed by atoms with Crippen LogP contribution >= 0.6 is 31.9 Å². The molecule has 9 heteroatoms. The van der Waals surface area contributed by atoms with Gasteiger partial charge in [-0.25, -0.2) is 8.42 Å². The van der Waals surface area contributed by atoms with Crippen molar-refractivity contribution in [1.29, 1.82) is 0 Å². The summed E-state index contributed by atoms with van der Waals surface area (Å²) in [6, 6.07) is 22.4. The molecule has 0 atom stereocenters. The smallest absolute Gasteiger partial charge is 0.206 e. The van der Waals surface area contributed by atoms with E-state index in [2.05, 4.69) is 41.8 Å². The number of hydrogen-bond acceptors (Lipinski definition) is 6. The second kappa shape index (κ2) is 10.6. The molecule has 0 aliphatic heterocycles. The SMILES string of the molecule is O=S(=O)(c1cccc(N=Cc2cc(Br)ccc2O)c1)c1cccc(N=Cc2cc(Br)ccc2O)c1. The average Bonchev–Trinajstić information content (AvgIpc) is 2.85. The fourth-order valence-electron chi connectivity index (χ4n) is 3.14. The lowest BCUT2D eigenvalue weighted by Gasteiger charge is -2.07. The van der Waals surface area contributed by atoms with Crippen LogP contribution in [0.2, 0.25) is 0 Å². The van der Waals surface area contributed by atoms with Gasteiger partial charge in [0.25, 0.3) is 0 Å². The summed E-state index contributed by atoms with van der Waals surface area (Å²) in [4.78, 5) is 8.80. The molecule has 0 radical (unpaired) electrons. The van der Waals surface area contributed by atoms with Crippen molar-refractivity contribution >= 4 is 65.5 Å². The number of halogens is 2. The number of sulfone groups is 1. The standard InChI is InChI=1S/C26H18Br2N2O4S/c27-19-7-9-25(31)17(11-19)15-29-21-3-1-5-23(13-21)35(33,34)24-6-2-4-22(14-24)30-16-18-12-20(28)8-10-26(18)32/h1-16,31-32H. The van der Waals surface area contributed by atoms with Gasteiger partial charge in [-0.15, -0.1) is 0 Å². The predicted molar refractivity (Wildman–Crippen MR) is 144 cm³/mol. The summed E-state index contributed by atoms with van der Waals surface area (Å²) in [6.07, 6.45) is 2.94. The topological polar surface area (TPSA) is 99.3 Å². The van der Waals surface area contributed by atoms with Crippen LogP contribution in [0.5, 0.6) is 11.5 Å². The van der Waals surface area contributed by atoms with E-state index in [0.29, 0.717) is 22.5 Å². The number of phenolic OH excluding ortho intramolecular Hbond substituents is 2. The molecular formula is C26H18Br2N2O4S. The first-order chi connectivity index (χ1) is 16.7. The van der Waals surface area contributed by atoms with Gasteiger partial charge in [0.15, 0.2) is 0 Å². The van der Waals surface area contributed by atoms with Gasteiger partial charge in [-0.05, 0) is 72.8 Å². The van der Waals surface area contributed by atoms with E-state index in [1.165, 1.54) is 36.7 Å². The Morgan fingerprint density at radius 2 is 1.06 bits per heavy atom. The van der Waals surface area contributed by atoms with Crippen molar-refractivity contribution in [3.05, 3.63) is 105 Å². The number of hydrogen-bond donors (Lipinski definition) is 2. The first-order valence-corrected chi connectivity index (χ1v) is 13.3. The second-order valence-electron chi connectivity index (χ2n) is 7.42. The van der Waals surface area contributed by atoms with Gasteiger partial charge in [-0.3, -0.25) is 9.98 Å². The Bertz CT molecular complexity index is 1460. The summed E-state index contributed by atoms with van der Waals surface area (Å²) in [5.41, 5.74) is 1.83. The maximum Gasteiger partial charge on any atom is 0.206 e. The first-order valence-electron chi connectivity index (χ1n) is 10.2. The van der Waals surface area contributed by atoms with Gasteiger partial charge in [0.1, 0.15) is 11.5 Å². The summed E-state index contributed by atoms with van der Waals surface area (Å²) in [7, 11) is -3.84. The molecule has 0 aromatic heterocycles. The Hall–Kier alpha value is -3.27. The molecule has 0 bridgehead atoms.